The summed E-state index contributed by atoms with van der Waals surface area (Å²) in [6, 6.07) is 0. The van der Waals surface area contributed by atoms with Crippen LogP contribution in [0.3, 0.4) is 0 Å². The molecule has 0 amide bonds. The van der Waals surface area contributed by atoms with Crippen molar-refractivity contribution in [3.05, 3.63) is 16.5 Å². The number of rotatable bonds is 4. The van der Waals surface area contributed by atoms with Gasteiger partial charge in [-0.2, -0.15) is 4.98 Å². The molecule has 0 aromatic carbocycles. The summed E-state index contributed by atoms with van der Waals surface area (Å²) in [6.07, 6.45) is 2.61. The molecule has 1 aromatic heterocycles. The summed E-state index contributed by atoms with van der Waals surface area (Å²) >= 11 is 11.5. The lowest BCUT2D eigenvalue weighted by Gasteiger charge is -2.11. The molecule has 0 fully saturated rings. The molecule has 5 heteroatoms. The van der Waals surface area contributed by atoms with Crippen molar-refractivity contribution in [1.29, 1.82) is 0 Å². The maximum Gasteiger partial charge on any atom is 0.224 e. The fourth-order valence-corrected chi connectivity index (χ4v) is 1.18. The van der Waals surface area contributed by atoms with Crippen molar-refractivity contribution in [1.82, 2.24) is 9.97 Å². The molecule has 1 N–H and O–H groups in total. The Labute approximate surface area is 93.9 Å². The van der Waals surface area contributed by atoms with Gasteiger partial charge in [0.25, 0.3) is 0 Å². The molecule has 1 rings (SSSR count). The van der Waals surface area contributed by atoms with E-state index in [0.717, 1.165) is 13.0 Å². The van der Waals surface area contributed by atoms with Crippen molar-refractivity contribution >= 4 is 29.0 Å². The molecule has 0 aliphatic rings. The molecule has 1 heterocycles. The Bertz CT molecular complexity index is 304. The first-order valence-electron chi connectivity index (χ1n) is 4.55. The number of aromatic nitrogens is 2. The average molecular weight is 234 g/mol. The van der Waals surface area contributed by atoms with Crippen LogP contribution in [-0.2, 0) is 0 Å². The largest absolute Gasteiger partial charge is 0.368 e. The molecule has 3 nitrogen and oxygen atoms in total. The van der Waals surface area contributed by atoms with Crippen molar-refractivity contribution in [3.63, 3.8) is 0 Å². The van der Waals surface area contributed by atoms with Gasteiger partial charge >= 0.3 is 0 Å². The molecule has 1 aromatic rings. The number of hydrogen-bond acceptors (Lipinski definition) is 3. The maximum absolute atomic E-state index is 5.88. The molecular weight excluding hydrogens is 221 g/mol. The second kappa shape index (κ2) is 5.37. The van der Waals surface area contributed by atoms with Crippen molar-refractivity contribution in [3.8, 4) is 0 Å². The van der Waals surface area contributed by atoms with Crippen LogP contribution in [0.2, 0.25) is 10.3 Å². The van der Waals surface area contributed by atoms with E-state index in [-0.39, 0.29) is 5.28 Å². The predicted octanol–water partition coefficient (Wildman–Crippen LogP) is 3.24. The first-order chi connectivity index (χ1) is 6.63. The van der Waals surface area contributed by atoms with E-state index in [1.54, 1.807) is 0 Å². The monoisotopic (exact) mass is 233 g/mol. The number of hydrogen-bond donors (Lipinski definition) is 1. The van der Waals surface area contributed by atoms with Gasteiger partial charge < -0.3 is 5.32 Å². The summed E-state index contributed by atoms with van der Waals surface area (Å²) in [5, 5.41) is 3.84. The lowest BCUT2D eigenvalue weighted by Crippen LogP contribution is -2.11. The Hall–Kier alpha value is -0.540. The molecule has 0 saturated carbocycles. The molecule has 0 aliphatic heterocycles. The molecule has 78 valence electrons. The Morgan fingerprint density at radius 1 is 1.50 bits per heavy atom. The standard InChI is InChI=1S/C9H13Cl2N3/c1-3-6(2)4-12-8-7(10)5-13-9(11)14-8/h5-6H,3-4H2,1-2H3,(H,12,13,14). The van der Waals surface area contributed by atoms with Crippen molar-refractivity contribution in [2.24, 2.45) is 5.92 Å². The third-order valence-corrected chi connectivity index (χ3v) is 2.49. The predicted molar refractivity (Wildman–Crippen MR) is 60.0 cm³/mol. The van der Waals surface area contributed by atoms with Gasteiger partial charge in [-0.3, -0.25) is 0 Å². The van der Waals surface area contributed by atoms with Crippen LogP contribution >= 0.6 is 23.2 Å². The smallest absolute Gasteiger partial charge is 0.224 e. The van der Waals surface area contributed by atoms with Crippen LogP contribution in [0, 0.1) is 5.92 Å². The van der Waals surface area contributed by atoms with Gasteiger partial charge in [-0.1, -0.05) is 31.9 Å². The van der Waals surface area contributed by atoms with E-state index in [0.29, 0.717) is 16.8 Å². The molecule has 14 heavy (non-hydrogen) atoms. The van der Waals surface area contributed by atoms with Gasteiger partial charge in [0.1, 0.15) is 10.8 Å². The first kappa shape index (κ1) is 11.5. The topological polar surface area (TPSA) is 37.8 Å². The highest BCUT2D eigenvalue weighted by Gasteiger charge is 2.05. The van der Waals surface area contributed by atoms with E-state index < -0.39 is 0 Å². The van der Waals surface area contributed by atoms with Gasteiger partial charge in [0.15, 0.2) is 0 Å². The minimum absolute atomic E-state index is 0.209. The van der Waals surface area contributed by atoms with E-state index in [1.807, 2.05) is 0 Å². The van der Waals surface area contributed by atoms with Crippen LogP contribution in [0.15, 0.2) is 6.20 Å². The number of anilines is 1. The van der Waals surface area contributed by atoms with Gasteiger partial charge in [0.2, 0.25) is 5.28 Å². The molecule has 0 radical (unpaired) electrons. The third-order valence-electron chi connectivity index (χ3n) is 2.03. The summed E-state index contributed by atoms with van der Waals surface area (Å²) < 4.78 is 0. The maximum atomic E-state index is 5.88. The summed E-state index contributed by atoms with van der Waals surface area (Å²) in [7, 11) is 0. The van der Waals surface area contributed by atoms with Crippen LogP contribution in [-0.4, -0.2) is 16.5 Å². The SMILES string of the molecule is CCC(C)CNc1nc(Cl)ncc1Cl. The van der Waals surface area contributed by atoms with E-state index in [4.69, 9.17) is 23.2 Å². The van der Waals surface area contributed by atoms with E-state index in [9.17, 15) is 0 Å². The normalized spacial score (nSPS) is 12.6. The van der Waals surface area contributed by atoms with E-state index in [2.05, 4.69) is 29.1 Å². The van der Waals surface area contributed by atoms with Crippen molar-refractivity contribution < 1.29 is 0 Å². The minimum atomic E-state index is 0.209. The molecule has 0 spiro atoms. The zero-order chi connectivity index (χ0) is 10.6. The highest BCUT2D eigenvalue weighted by atomic mass is 35.5. The highest BCUT2D eigenvalue weighted by Crippen LogP contribution is 2.19. The number of halogens is 2. The second-order valence-electron chi connectivity index (χ2n) is 3.23. The lowest BCUT2D eigenvalue weighted by atomic mass is 10.1. The summed E-state index contributed by atoms with van der Waals surface area (Å²) in [5.74, 6) is 1.19. The Kier molecular flexibility index (Phi) is 4.42. The van der Waals surface area contributed by atoms with Gasteiger partial charge in [0.05, 0.1) is 6.20 Å². The summed E-state index contributed by atoms with van der Waals surface area (Å²) in [6.45, 7) is 5.13. The van der Waals surface area contributed by atoms with Gasteiger partial charge in [0, 0.05) is 6.54 Å². The Morgan fingerprint density at radius 3 is 2.86 bits per heavy atom. The van der Waals surface area contributed by atoms with Crippen molar-refractivity contribution in [2.45, 2.75) is 20.3 Å². The van der Waals surface area contributed by atoms with Gasteiger partial charge in [-0.05, 0) is 17.5 Å². The minimum Gasteiger partial charge on any atom is -0.368 e. The fourth-order valence-electron chi connectivity index (χ4n) is 0.885. The highest BCUT2D eigenvalue weighted by molar-refractivity contribution is 6.33. The quantitative estimate of drug-likeness (QED) is 0.812. The molecule has 1 atom stereocenters. The van der Waals surface area contributed by atoms with Crippen LogP contribution < -0.4 is 5.32 Å². The van der Waals surface area contributed by atoms with Crippen LogP contribution in [0.1, 0.15) is 20.3 Å². The average Bonchev–Trinajstić information content (AvgIpc) is 2.19. The second-order valence-corrected chi connectivity index (χ2v) is 3.98. The van der Waals surface area contributed by atoms with E-state index >= 15 is 0 Å². The Morgan fingerprint density at radius 2 is 2.21 bits per heavy atom. The van der Waals surface area contributed by atoms with Crippen molar-refractivity contribution in [2.75, 3.05) is 11.9 Å². The van der Waals surface area contributed by atoms with Crippen LogP contribution in [0.5, 0.6) is 0 Å². The number of nitrogens with one attached hydrogen (secondary N) is 1. The molecular formula is C9H13Cl2N3. The molecule has 0 saturated heterocycles. The number of nitrogens with zero attached hydrogens (tertiary/aromatic N) is 2. The Balaban J connectivity index is 2.62. The summed E-state index contributed by atoms with van der Waals surface area (Å²) in [4.78, 5) is 7.76. The molecule has 1 unspecified atom stereocenters. The van der Waals surface area contributed by atoms with Gasteiger partial charge in [-0.15, -0.1) is 0 Å². The van der Waals surface area contributed by atoms with E-state index in [1.165, 1.54) is 6.20 Å². The molecule has 0 aliphatic carbocycles. The lowest BCUT2D eigenvalue weighted by molar-refractivity contribution is 0.592. The first-order valence-corrected chi connectivity index (χ1v) is 5.31. The third kappa shape index (κ3) is 3.31. The molecule has 0 bridgehead atoms. The zero-order valence-electron chi connectivity index (χ0n) is 8.22. The summed E-state index contributed by atoms with van der Waals surface area (Å²) in [5.41, 5.74) is 0. The van der Waals surface area contributed by atoms with Crippen LogP contribution in [0.25, 0.3) is 0 Å². The van der Waals surface area contributed by atoms with Crippen LogP contribution in [0.4, 0.5) is 5.82 Å². The van der Waals surface area contributed by atoms with Gasteiger partial charge in [-0.25, -0.2) is 4.98 Å². The zero-order valence-corrected chi connectivity index (χ0v) is 9.73. The fraction of sp³-hybridized carbons (Fsp3) is 0.556.